The van der Waals surface area contributed by atoms with Gasteiger partial charge in [-0.25, -0.2) is 0 Å². The van der Waals surface area contributed by atoms with Gasteiger partial charge in [0.05, 0.1) is 12.2 Å². The van der Waals surface area contributed by atoms with Gasteiger partial charge >= 0.3 is 0 Å². The van der Waals surface area contributed by atoms with Gasteiger partial charge in [-0.15, -0.1) is 0 Å². The quantitative estimate of drug-likeness (QED) is 0.643. The molecule has 1 saturated carbocycles. The first-order valence-corrected chi connectivity index (χ1v) is 5.68. The van der Waals surface area contributed by atoms with Gasteiger partial charge < -0.3 is 9.47 Å². The molecule has 0 aromatic heterocycles. The van der Waals surface area contributed by atoms with Gasteiger partial charge in [-0.1, -0.05) is 12.2 Å². The van der Waals surface area contributed by atoms with Gasteiger partial charge in [0.2, 0.25) is 0 Å². The Morgan fingerprint density at radius 1 is 1.14 bits per heavy atom. The highest BCUT2D eigenvalue weighted by Crippen LogP contribution is 2.28. The van der Waals surface area contributed by atoms with E-state index < -0.39 is 0 Å². The van der Waals surface area contributed by atoms with Crippen LogP contribution in [0.2, 0.25) is 0 Å². The highest BCUT2D eigenvalue weighted by atomic mass is 16.5. The smallest absolute Gasteiger partial charge is 0.0644 e. The van der Waals surface area contributed by atoms with Crippen LogP contribution in [0.1, 0.15) is 32.1 Å². The van der Waals surface area contributed by atoms with Crippen LogP contribution in [0.3, 0.4) is 0 Å². The lowest BCUT2D eigenvalue weighted by molar-refractivity contribution is 0.0321. The van der Waals surface area contributed by atoms with E-state index >= 15 is 0 Å². The van der Waals surface area contributed by atoms with Crippen molar-refractivity contribution < 1.29 is 9.47 Å². The van der Waals surface area contributed by atoms with Crippen molar-refractivity contribution in [3.63, 3.8) is 0 Å². The Labute approximate surface area is 86.3 Å². The van der Waals surface area contributed by atoms with E-state index in [1.165, 1.54) is 19.3 Å². The van der Waals surface area contributed by atoms with E-state index in [4.69, 9.17) is 9.47 Å². The predicted octanol–water partition coefficient (Wildman–Crippen LogP) is 2.54. The fraction of sp³-hybridized carbons (Fsp3) is 0.833. The van der Waals surface area contributed by atoms with E-state index in [1.54, 1.807) is 0 Å². The molecule has 14 heavy (non-hydrogen) atoms. The molecule has 0 aliphatic heterocycles. The largest absolute Gasteiger partial charge is 0.381 e. The van der Waals surface area contributed by atoms with Crippen LogP contribution in [0, 0.1) is 5.92 Å². The molecule has 2 nitrogen and oxygen atoms in total. The van der Waals surface area contributed by atoms with Crippen LogP contribution in [-0.4, -0.2) is 25.9 Å². The molecule has 0 aromatic rings. The summed E-state index contributed by atoms with van der Waals surface area (Å²) in [5.74, 6) is 0.737. The highest BCUT2D eigenvalue weighted by molar-refractivity contribution is 4.95. The van der Waals surface area contributed by atoms with Gasteiger partial charge in [0.25, 0.3) is 0 Å². The normalized spacial score (nSPS) is 32.9. The Hall–Kier alpha value is -0.340. The number of ether oxygens (including phenoxy) is 2. The Kier molecular flexibility index (Phi) is 3.60. The molecule has 0 heterocycles. The topological polar surface area (TPSA) is 18.5 Å². The molecule has 0 saturated heterocycles. The monoisotopic (exact) mass is 196 g/mol. The third kappa shape index (κ3) is 2.58. The van der Waals surface area contributed by atoms with Crippen LogP contribution < -0.4 is 0 Å². The molecule has 0 spiro atoms. The predicted molar refractivity (Wildman–Crippen MR) is 56.3 cm³/mol. The second-order valence-electron chi connectivity index (χ2n) is 4.43. The van der Waals surface area contributed by atoms with Crippen LogP contribution in [0.5, 0.6) is 0 Å². The van der Waals surface area contributed by atoms with Gasteiger partial charge in [-0.2, -0.15) is 0 Å². The molecule has 0 aromatic carbocycles. The lowest BCUT2D eigenvalue weighted by Gasteiger charge is -2.15. The number of methoxy groups -OCH3 is 1. The summed E-state index contributed by atoms with van der Waals surface area (Å²) >= 11 is 0. The summed E-state index contributed by atoms with van der Waals surface area (Å²) < 4.78 is 11.2. The van der Waals surface area contributed by atoms with Crippen molar-refractivity contribution >= 4 is 0 Å². The maximum absolute atomic E-state index is 5.86. The molecule has 2 aliphatic rings. The molecule has 0 bridgehead atoms. The van der Waals surface area contributed by atoms with E-state index in [0.29, 0.717) is 12.2 Å². The zero-order valence-electron chi connectivity index (χ0n) is 8.95. The maximum atomic E-state index is 5.86. The summed E-state index contributed by atoms with van der Waals surface area (Å²) in [5, 5.41) is 0. The van der Waals surface area contributed by atoms with E-state index in [0.717, 1.165) is 25.4 Å². The van der Waals surface area contributed by atoms with Crippen molar-refractivity contribution in [2.45, 2.75) is 44.3 Å². The summed E-state index contributed by atoms with van der Waals surface area (Å²) in [6.07, 6.45) is 11.3. The number of hydrogen-bond donors (Lipinski definition) is 0. The Bertz CT molecular complexity index is 192. The average Bonchev–Trinajstić information content (AvgIpc) is 2.86. The minimum absolute atomic E-state index is 0.469. The summed E-state index contributed by atoms with van der Waals surface area (Å²) in [4.78, 5) is 0. The minimum atomic E-state index is 0.469. The van der Waals surface area contributed by atoms with Crippen LogP contribution in [0.25, 0.3) is 0 Å². The van der Waals surface area contributed by atoms with E-state index in [2.05, 4.69) is 12.2 Å². The first-order chi connectivity index (χ1) is 6.88. The molecule has 2 heteroatoms. The second-order valence-corrected chi connectivity index (χ2v) is 4.43. The maximum Gasteiger partial charge on any atom is 0.0644 e. The molecule has 0 amide bonds. The molecule has 1 fully saturated rings. The molecular formula is C12H20O2. The molecule has 2 rings (SSSR count). The van der Waals surface area contributed by atoms with Crippen molar-refractivity contribution in [3.8, 4) is 0 Å². The fourth-order valence-electron chi connectivity index (χ4n) is 2.40. The second kappa shape index (κ2) is 4.94. The molecule has 80 valence electrons. The van der Waals surface area contributed by atoms with E-state index in [-0.39, 0.29) is 0 Å². The lowest BCUT2D eigenvalue weighted by atomic mass is 10.1. The Morgan fingerprint density at radius 2 is 1.93 bits per heavy atom. The fourth-order valence-corrected chi connectivity index (χ4v) is 2.40. The summed E-state index contributed by atoms with van der Waals surface area (Å²) in [5.41, 5.74) is 0. The van der Waals surface area contributed by atoms with Crippen molar-refractivity contribution in [2.75, 3.05) is 13.7 Å². The van der Waals surface area contributed by atoms with Crippen LogP contribution >= 0.6 is 0 Å². The summed E-state index contributed by atoms with van der Waals surface area (Å²) in [6, 6.07) is 0. The Morgan fingerprint density at radius 3 is 2.57 bits per heavy atom. The van der Waals surface area contributed by atoms with Gasteiger partial charge in [-0.3, -0.25) is 0 Å². The molecule has 0 N–H and O–H groups in total. The standard InChI is InChI=1S/C12H20O2/c1-13-12-7-6-10(8-12)9-14-11-4-2-3-5-11/h2-3,10-12H,4-9H2,1H3. The van der Waals surface area contributed by atoms with E-state index in [1.807, 2.05) is 7.11 Å². The summed E-state index contributed by atoms with van der Waals surface area (Å²) in [6.45, 7) is 0.937. The van der Waals surface area contributed by atoms with Crippen molar-refractivity contribution in [3.05, 3.63) is 12.2 Å². The first-order valence-electron chi connectivity index (χ1n) is 5.68. The zero-order valence-corrected chi connectivity index (χ0v) is 8.95. The van der Waals surface area contributed by atoms with Gasteiger partial charge in [0, 0.05) is 13.7 Å². The SMILES string of the molecule is COC1CCC(COC2CC=CC2)C1. The third-order valence-corrected chi connectivity index (χ3v) is 3.36. The third-order valence-electron chi connectivity index (χ3n) is 3.36. The average molecular weight is 196 g/mol. The van der Waals surface area contributed by atoms with E-state index in [9.17, 15) is 0 Å². The molecular weight excluding hydrogens is 176 g/mol. The molecule has 2 unspecified atom stereocenters. The van der Waals surface area contributed by atoms with Crippen molar-refractivity contribution in [1.29, 1.82) is 0 Å². The summed E-state index contributed by atoms with van der Waals surface area (Å²) in [7, 11) is 1.81. The first kappa shape index (κ1) is 10.2. The van der Waals surface area contributed by atoms with Crippen molar-refractivity contribution in [1.82, 2.24) is 0 Å². The molecule has 0 radical (unpaired) electrons. The zero-order chi connectivity index (χ0) is 9.80. The van der Waals surface area contributed by atoms with Crippen LogP contribution in [0.15, 0.2) is 12.2 Å². The molecule has 2 aliphatic carbocycles. The highest BCUT2D eigenvalue weighted by Gasteiger charge is 2.25. The lowest BCUT2D eigenvalue weighted by Crippen LogP contribution is -2.15. The van der Waals surface area contributed by atoms with Gasteiger partial charge in [0.15, 0.2) is 0 Å². The van der Waals surface area contributed by atoms with Crippen LogP contribution in [-0.2, 0) is 9.47 Å². The Balaban J connectivity index is 1.62. The van der Waals surface area contributed by atoms with Gasteiger partial charge in [-0.05, 0) is 38.0 Å². The molecule has 2 atom stereocenters. The van der Waals surface area contributed by atoms with Crippen molar-refractivity contribution in [2.24, 2.45) is 5.92 Å². The van der Waals surface area contributed by atoms with Crippen LogP contribution in [0.4, 0.5) is 0 Å². The minimum Gasteiger partial charge on any atom is -0.381 e. The number of hydrogen-bond acceptors (Lipinski definition) is 2. The number of rotatable bonds is 4. The van der Waals surface area contributed by atoms with Gasteiger partial charge in [0.1, 0.15) is 0 Å².